The Balaban J connectivity index is 2.02. The number of nitrogens with two attached hydrogens (primary N) is 1. The molecule has 3 rings (SSSR count). The van der Waals surface area contributed by atoms with Crippen molar-refractivity contribution in [2.75, 3.05) is 20.3 Å². The van der Waals surface area contributed by atoms with Gasteiger partial charge in [-0.05, 0) is 24.6 Å². The molecule has 1 fully saturated rings. The number of sulfonamides is 1. The van der Waals surface area contributed by atoms with E-state index < -0.39 is 10.0 Å². The Labute approximate surface area is 127 Å². The maximum Gasteiger partial charge on any atom is 0.261 e. The Kier molecular flexibility index (Phi) is 3.85. The maximum atomic E-state index is 11.5. The average Bonchev–Trinajstić information content (AvgIpc) is 3.16. The van der Waals surface area contributed by atoms with Crippen LogP contribution in [0.2, 0.25) is 0 Å². The number of methoxy groups -OCH3 is 1. The molecule has 8 nitrogen and oxygen atoms in total. The molecular weight excluding hydrogens is 310 g/mol. The summed E-state index contributed by atoms with van der Waals surface area (Å²) in [6.07, 6.45) is 0.827. The first-order chi connectivity index (χ1) is 10.5. The summed E-state index contributed by atoms with van der Waals surface area (Å²) in [6, 6.07) is 4.22. The number of ether oxygens (including phenoxy) is 2. The minimum Gasteiger partial charge on any atom is -0.496 e. The second kappa shape index (κ2) is 5.67. The molecule has 2 aromatic rings. The molecule has 1 aromatic heterocycles. The van der Waals surface area contributed by atoms with E-state index >= 15 is 0 Å². The Hall–Kier alpha value is -1.97. The van der Waals surface area contributed by atoms with Gasteiger partial charge >= 0.3 is 0 Å². The van der Waals surface area contributed by atoms with E-state index in [1.807, 2.05) is 0 Å². The number of aromatic nitrogens is 2. The summed E-state index contributed by atoms with van der Waals surface area (Å²) in [5, 5.41) is 9.09. The van der Waals surface area contributed by atoms with E-state index in [1.54, 1.807) is 0 Å². The van der Waals surface area contributed by atoms with Crippen LogP contribution in [-0.4, -0.2) is 38.9 Å². The quantitative estimate of drug-likeness (QED) is 0.887. The number of rotatable bonds is 4. The van der Waals surface area contributed by atoms with Crippen LogP contribution < -0.4 is 9.88 Å². The van der Waals surface area contributed by atoms with Gasteiger partial charge in [0.05, 0.1) is 24.2 Å². The van der Waals surface area contributed by atoms with E-state index in [0.29, 0.717) is 30.4 Å². The topological polar surface area (TPSA) is 118 Å². The largest absolute Gasteiger partial charge is 0.496 e. The van der Waals surface area contributed by atoms with Gasteiger partial charge in [0.2, 0.25) is 10.0 Å². The molecule has 1 atom stereocenters. The standard InChI is InChI=1S/C13H15N3O5S/c1-19-11-3-2-9(22(14,17)18)6-10(11)13-15-12(16-21-13)8-4-5-20-7-8/h2-3,6,8H,4-5,7H2,1H3,(H2,14,17,18). The lowest BCUT2D eigenvalue weighted by Crippen LogP contribution is -2.12. The van der Waals surface area contributed by atoms with E-state index in [-0.39, 0.29) is 16.7 Å². The van der Waals surface area contributed by atoms with Crippen molar-refractivity contribution in [1.82, 2.24) is 10.1 Å². The fraction of sp³-hybridized carbons (Fsp3) is 0.385. The summed E-state index contributed by atoms with van der Waals surface area (Å²) < 4.78 is 38.7. The Morgan fingerprint density at radius 3 is 2.86 bits per heavy atom. The van der Waals surface area contributed by atoms with Gasteiger partial charge in [0.25, 0.3) is 5.89 Å². The van der Waals surface area contributed by atoms with Crippen molar-refractivity contribution in [3.05, 3.63) is 24.0 Å². The van der Waals surface area contributed by atoms with Gasteiger partial charge in [0.1, 0.15) is 5.75 Å². The maximum absolute atomic E-state index is 11.5. The first kappa shape index (κ1) is 14.9. The van der Waals surface area contributed by atoms with Crippen molar-refractivity contribution in [3.8, 4) is 17.2 Å². The number of nitrogens with zero attached hydrogens (tertiary/aromatic N) is 2. The molecule has 9 heteroatoms. The van der Waals surface area contributed by atoms with Gasteiger partial charge in [-0.15, -0.1) is 0 Å². The van der Waals surface area contributed by atoms with Gasteiger partial charge in [-0.25, -0.2) is 13.6 Å². The predicted octanol–water partition coefficient (Wildman–Crippen LogP) is 0.896. The summed E-state index contributed by atoms with van der Waals surface area (Å²) in [4.78, 5) is 4.27. The summed E-state index contributed by atoms with van der Waals surface area (Å²) in [5.41, 5.74) is 0.381. The molecule has 2 heterocycles. The number of primary sulfonamides is 1. The first-order valence-corrected chi connectivity index (χ1v) is 8.16. The van der Waals surface area contributed by atoms with Crippen LogP contribution in [0.25, 0.3) is 11.5 Å². The average molecular weight is 325 g/mol. The molecule has 0 saturated carbocycles. The Morgan fingerprint density at radius 2 is 2.23 bits per heavy atom. The van der Waals surface area contributed by atoms with Gasteiger partial charge in [-0.3, -0.25) is 0 Å². The van der Waals surface area contributed by atoms with Crippen molar-refractivity contribution in [3.63, 3.8) is 0 Å². The molecule has 1 aliphatic heterocycles. The first-order valence-electron chi connectivity index (χ1n) is 6.61. The zero-order valence-corrected chi connectivity index (χ0v) is 12.7. The molecule has 2 N–H and O–H groups in total. The molecule has 22 heavy (non-hydrogen) atoms. The molecular formula is C13H15N3O5S. The van der Waals surface area contributed by atoms with E-state index in [0.717, 1.165) is 6.42 Å². The Bertz CT molecular complexity index is 781. The highest BCUT2D eigenvalue weighted by atomic mass is 32.2. The van der Waals surface area contributed by atoms with Crippen LogP contribution in [0, 0.1) is 0 Å². The molecule has 0 aliphatic carbocycles. The van der Waals surface area contributed by atoms with Gasteiger partial charge < -0.3 is 14.0 Å². The highest BCUT2D eigenvalue weighted by Gasteiger charge is 2.25. The third kappa shape index (κ3) is 2.82. The monoisotopic (exact) mass is 325 g/mol. The van der Waals surface area contributed by atoms with E-state index in [4.69, 9.17) is 19.1 Å². The normalized spacial score (nSPS) is 18.5. The molecule has 1 aliphatic rings. The van der Waals surface area contributed by atoms with Crippen LogP contribution in [0.15, 0.2) is 27.6 Å². The van der Waals surface area contributed by atoms with Crippen molar-refractivity contribution in [2.45, 2.75) is 17.2 Å². The second-order valence-electron chi connectivity index (χ2n) is 4.93. The Morgan fingerprint density at radius 1 is 1.41 bits per heavy atom. The summed E-state index contributed by atoms with van der Waals surface area (Å²) in [6.45, 7) is 1.21. The zero-order valence-electron chi connectivity index (χ0n) is 11.9. The molecule has 1 saturated heterocycles. The smallest absolute Gasteiger partial charge is 0.261 e. The molecule has 0 amide bonds. The van der Waals surface area contributed by atoms with Crippen LogP contribution in [0.3, 0.4) is 0 Å². The SMILES string of the molecule is COc1ccc(S(N)(=O)=O)cc1-c1nc(C2CCOC2)no1. The van der Waals surface area contributed by atoms with Crippen molar-refractivity contribution >= 4 is 10.0 Å². The fourth-order valence-corrected chi connectivity index (χ4v) is 2.82. The zero-order chi connectivity index (χ0) is 15.7. The molecule has 1 unspecified atom stereocenters. The lowest BCUT2D eigenvalue weighted by atomic mass is 10.1. The van der Waals surface area contributed by atoms with Gasteiger partial charge in [-0.2, -0.15) is 4.98 Å². The van der Waals surface area contributed by atoms with Crippen LogP contribution >= 0.6 is 0 Å². The van der Waals surface area contributed by atoms with Crippen LogP contribution in [-0.2, 0) is 14.8 Å². The molecule has 118 valence electrons. The third-order valence-electron chi connectivity index (χ3n) is 3.47. The van der Waals surface area contributed by atoms with Crippen LogP contribution in [0.5, 0.6) is 5.75 Å². The third-order valence-corrected chi connectivity index (χ3v) is 4.38. The summed E-state index contributed by atoms with van der Waals surface area (Å²) in [7, 11) is -2.36. The molecule has 0 bridgehead atoms. The van der Waals surface area contributed by atoms with Gasteiger partial charge in [-0.1, -0.05) is 5.16 Å². The summed E-state index contributed by atoms with van der Waals surface area (Å²) in [5.74, 6) is 1.23. The molecule has 1 aromatic carbocycles. The predicted molar refractivity (Wildman–Crippen MR) is 75.8 cm³/mol. The minimum absolute atomic E-state index is 0.0488. The van der Waals surface area contributed by atoms with Crippen LogP contribution in [0.4, 0.5) is 0 Å². The highest BCUT2D eigenvalue weighted by molar-refractivity contribution is 7.89. The summed E-state index contributed by atoms with van der Waals surface area (Å²) >= 11 is 0. The van der Waals surface area contributed by atoms with Gasteiger partial charge in [0, 0.05) is 12.5 Å². The van der Waals surface area contributed by atoms with Crippen molar-refractivity contribution in [1.29, 1.82) is 0 Å². The lowest BCUT2D eigenvalue weighted by Gasteiger charge is -2.06. The molecule has 0 spiro atoms. The second-order valence-corrected chi connectivity index (χ2v) is 6.49. The van der Waals surface area contributed by atoms with E-state index in [2.05, 4.69) is 10.1 Å². The number of benzene rings is 1. The van der Waals surface area contributed by atoms with Gasteiger partial charge in [0.15, 0.2) is 5.82 Å². The van der Waals surface area contributed by atoms with Crippen molar-refractivity contribution in [2.24, 2.45) is 5.14 Å². The van der Waals surface area contributed by atoms with E-state index in [9.17, 15) is 8.42 Å². The fourth-order valence-electron chi connectivity index (χ4n) is 2.28. The lowest BCUT2D eigenvalue weighted by molar-refractivity contribution is 0.192. The highest BCUT2D eigenvalue weighted by Crippen LogP contribution is 2.32. The molecule has 0 radical (unpaired) electrons. The number of hydrogen-bond donors (Lipinski definition) is 1. The van der Waals surface area contributed by atoms with E-state index in [1.165, 1.54) is 25.3 Å². The van der Waals surface area contributed by atoms with Crippen molar-refractivity contribution < 1.29 is 22.4 Å². The minimum atomic E-state index is -3.83. The number of hydrogen-bond acceptors (Lipinski definition) is 7. The van der Waals surface area contributed by atoms with Crippen LogP contribution in [0.1, 0.15) is 18.2 Å².